The normalized spacial score (nSPS) is 13.5. The Bertz CT molecular complexity index is 579. The fraction of sp³-hybridized carbons (Fsp3) is 0.429. The quantitative estimate of drug-likeness (QED) is 0.245. The van der Waals surface area contributed by atoms with Crippen LogP contribution in [0.25, 0.3) is 0 Å². The first-order valence-corrected chi connectivity index (χ1v) is 7.20. The Morgan fingerprint density at radius 3 is 2.55 bits per heavy atom. The molecule has 1 amide bonds. The minimum atomic E-state index is -1.17. The minimum absolute atomic E-state index is 0.0241. The van der Waals surface area contributed by atoms with Gasteiger partial charge in [-0.2, -0.15) is 12.6 Å². The summed E-state index contributed by atoms with van der Waals surface area (Å²) in [4.78, 5) is 26.6. The van der Waals surface area contributed by atoms with Gasteiger partial charge in [-0.3, -0.25) is 9.78 Å². The summed E-state index contributed by atoms with van der Waals surface area (Å²) in [5.74, 6) is -1.80. The minimum Gasteiger partial charge on any atom is -0.623 e. The Labute approximate surface area is 134 Å². The molecule has 0 fully saturated rings. The van der Waals surface area contributed by atoms with Crippen LogP contribution in [0.1, 0.15) is 36.8 Å². The van der Waals surface area contributed by atoms with Crippen molar-refractivity contribution in [3.05, 3.63) is 34.8 Å². The molecule has 0 saturated carbocycles. The molecule has 1 unspecified atom stereocenters. The molecule has 1 atom stereocenters. The van der Waals surface area contributed by atoms with Crippen molar-refractivity contribution in [2.24, 2.45) is 0 Å². The third kappa shape index (κ3) is 5.03. The van der Waals surface area contributed by atoms with Crippen LogP contribution < -0.4 is 5.32 Å². The molecule has 1 aromatic rings. The number of nitrogens with one attached hydrogen (secondary N) is 1. The molecule has 1 heterocycles. The monoisotopic (exact) mass is 325 g/mol. The fourth-order valence-corrected chi connectivity index (χ4v) is 1.61. The van der Waals surface area contributed by atoms with Crippen molar-refractivity contribution in [2.75, 3.05) is 5.75 Å². The van der Waals surface area contributed by atoms with Gasteiger partial charge in [-0.1, -0.05) is 0 Å². The topological polar surface area (TPSA) is 105 Å². The third-order valence-electron chi connectivity index (χ3n) is 2.73. The van der Waals surface area contributed by atoms with Gasteiger partial charge in [-0.25, -0.2) is 9.53 Å². The number of amides is 1. The number of aliphatic carboxylic acids is 1. The number of hydrogen-bond acceptors (Lipinski definition) is 5. The average molecular weight is 325 g/mol. The molecule has 7 nitrogen and oxygen atoms in total. The van der Waals surface area contributed by atoms with E-state index in [0.717, 1.165) is 4.74 Å². The van der Waals surface area contributed by atoms with Gasteiger partial charge in [-0.05, 0) is 12.1 Å². The van der Waals surface area contributed by atoms with Gasteiger partial charge < -0.3 is 15.6 Å². The first kappa shape index (κ1) is 18.0. The molecular weight excluding hydrogens is 306 g/mol. The van der Waals surface area contributed by atoms with E-state index in [4.69, 9.17) is 5.11 Å². The molecule has 0 saturated heterocycles. The zero-order chi connectivity index (χ0) is 16.9. The van der Waals surface area contributed by atoms with Crippen molar-refractivity contribution in [1.82, 2.24) is 10.3 Å². The van der Waals surface area contributed by atoms with Crippen molar-refractivity contribution < 1.29 is 19.4 Å². The number of aromatic nitrogens is 1. The number of hydroxylamine groups is 1. The van der Waals surface area contributed by atoms with E-state index >= 15 is 0 Å². The Kier molecular flexibility index (Phi) is 5.92. The summed E-state index contributed by atoms with van der Waals surface area (Å²) in [5.41, 5.74) is 0.0426. The van der Waals surface area contributed by atoms with E-state index in [1.165, 1.54) is 18.5 Å². The number of hydrogen-bond donors (Lipinski definition) is 3. The van der Waals surface area contributed by atoms with Gasteiger partial charge in [0.25, 0.3) is 5.91 Å². The van der Waals surface area contributed by atoms with Crippen molar-refractivity contribution >= 4 is 30.7 Å². The van der Waals surface area contributed by atoms with Crippen molar-refractivity contribution in [3.8, 4) is 0 Å². The number of pyridine rings is 1. The predicted octanol–water partition coefficient (Wildman–Crippen LogP) is 0.922. The number of carbonyl (C=O) groups excluding carboxylic acids is 1. The van der Waals surface area contributed by atoms with Gasteiger partial charge in [0, 0.05) is 32.7 Å². The Hall–Kier alpha value is -2.09. The van der Waals surface area contributed by atoms with Crippen LogP contribution in [0.4, 0.5) is 0 Å². The standard InChI is InChI=1S/C14H19N3O4S/c1-14(2,3)17(21)7-9-4-5-10(15-6-9)12(18)16-11(8-22)13(19)20/h4-7,11,22H,8H2,1-3H3,(H,16,18)(H,19,20)/b17-7+. The molecule has 0 bridgehead atoms. The molecule has 0 spiro atoms. The van der Waals surface area contributed by atoms with Crippen LogP contribution in [0.15, 0.2) is 18.3 Å². The molecule has 0 aliphatic heterocycles. The average Bonchev–Trinajstić information content (AvgIpc) is 2.43. The van der Waals surface area contributed by atoms with E-state index in [1.807, 2.05) is 0 Å². The zero-order valence-corrected chi connectivity index (χ0v) is 13.5. The van der Waals surface area contributed by atoms with Crippen LogP contribution >= 0.6 is 12.6 Å². The Morgan fingerprint density at radius 1 is 1.50 bits per heavy atom. The number of carbonyl (C=O) groups is 2. The van der Waals surface area contributed by atoms with Crippen molar-refractivity contribution in [2.45, 2.75) is 32.4 Å². The maximum atomic E-state index is 11.9. The van der Waals surface area contributed by atoms with E-state index in [0.29, 0.717) is 5.56 Å². The Morgan fingerprint density at radius 2 is 2.14 bits per heavy atom. The highest BCUT2D eigenvalue weighted by Gasteiger charge is 2.20. The van der Waals surface area contributed by atoms with Gasteiger partial charge >= 0.3 is 5.97 Å². The lowest BCUT2D eigenvalue weighted by atomic mass is 10.1. The van der Waals surface area contributed by atoms with Gasteiger partial charge in [0.2, 0.25) is 0 Å². The first-order valence-electron chi connectivity index (χ1n) is 6.57. The van der Waals surface area contributed by atoms with Gasteiger partial charge in [0.15, 0.2) is 11.8 Å². The number of thiol groups is 1. The SMILES string of the molecule is CC(C)(C)/[N+]([O-])=C\c1ccc(C(=O)NC(CS)C(=O)O)nc1. The molecule has 0 aliphatic carbocycles. The molecule has 8 heteroatoms. The van der Waals surface area contributed by atoms with Crippen molar-refractivity contribution in [3.63, 3.8) is 0 Å². The summed E-state index contributed by atoms with van der Waals surface area (Å²) in [6.45, 7) is 5.32. The van der Waals surface area contributed by atoms with E-state index in [1.54, 1.807) is 26.8 Å². The van der Waals surface area contributed by atoms with E-state index in [9.17, 15) is 14.8 Å². The molecule has 22 heavy (non-hydrogen) atoms. The molecule has 0 radical (unpaired) electrons. The molecule has 1 aromatic heterocycles. The number of rotatable bonds is 5. The Balaban J connectivity index is 2.85. The molecule has 120 valence electrons. The predicted molar refractivity (Wildman–Crippen MR) is 85.5 cm³/mol. The number of carboxylic acid groups (broad SMARTS) is 1. The summed E-state index contributed by atoms with van der Waals surface area (Å²) >= 11 is 3.86. The van der Waals surface area contributed by atoms with Gasteiger partial charge in [-0.15, -0.1) is 0 Å². The van der Waals surface area contributed by atoms with E-state index in [2.05, 4.69) is 22.9 Å². The second-order valence-electron chi connectivity index (χ2n) is 5.65. The molecule has 2 N–H and O–H groups in total. The van der Waals surface area contributed by atoms with Crippen LogP contribution in [-0.4, -0.2) is 50.3 Å². The second-order valence-corrected chi connectivity index (χ2v) is 6.01. The van der Waals surface area contributed by atoms with Crippen LogP contribution in [0.5, 0.6) is 0 Å². The lowest BCUT2D eigenvalue weighted by Gasteiger charge is -2.18. The smallest absolute Gasteiger partial charge is 0.327 e. The van der Waals surface area contributed by atoms with Crippen molar-refractivity contribution in [1.29, 1.82) is 0 Å². The van der Waals surface area contributed by atoms with Gasteiger partial charge in [0.1, 0.15) is 11.7 Å². The summed E-state index contributed by atoms with van der Waals surface area (Å²) in [7, 11) is 0. The summed E-state index contributed by atoms with van der Waals surface area (Å²) in [5, 5.41) is 23.0. The summed E-state index contributed by atoms with van der Waals surface area (Å²) in [6.07, 6.45) is 2.75. The fourth-order valence-electron chi connectivity index (χ4n) is 1.36. The highest BCUT2D eigenvalue weighted by atomic mass is 32.1. The maximum absolute atomic E-state index is 11.9. The maximum Gasteiger partial charge on any atom is 0.327 e. The first-order chi connectivity index (χ1) is 10.1. The lowest BCUT2D eigenvalue weighted by molar-refractivity contribution is -0.530. The largest absolute Gasteiger partial charge is 0.623 e. The molecule has 0 aliphatic rings. The second kappa shape index (κ2) is 7.26. The molecular formula is C14H19N3O4S. The zero-order valence-electron chi connectivity index (χ0n) is 12.6. The van der Waals surface area contributed by atoms with Crippen LogP contribution in [-0.2, 0) is 4.79 Å². The number of carboxylic acids is 1. The van der Waals surface area contributed by atoms with Crippen LogP contribution in [0, 0.1) is 5.21 Å². The molecule has 0 aromatic carbocycles. The number of nitrogens with zero attached hydrogens (tertiary/aromatic N) is 2. The highest BCUT2D eigenvalue weighted by Crippen LogP contribution is 2.06. The summed E-state index contributed by atoms with van der Waals surface area (Å²) < 4.78 is 0.797. The third-order valence-corrected chi connectivity index (χ3v) is 3.10. The van der Waals surface area contributed by atoms with E-state index < -0.39 is 23.5 Å². The highest BCUT2D eigenvalue weighted by molar-refractivity contribution is 7.80. The van der Waals surface area contributed by atoms with Gasteiger partial charge in [0.05, 0.1) is 5.56 Å². The lowest BCUT2D eigenvalue weighted by Crippen LogP contribution is -2.42. The van der Waals surface area contributed by atoms with E-state index in [-0.39, 0.29) is 11.4 Å². The van der Waals surface area contributed by atoms with Crippen LogP contribution in [0.3, 0.4) is 0 Å². The molecule has 1 rings (SSSR count). The van der Waals surface area contributed by atoms with Crippen LogP contribution in [0.2, 0.25) is 0 Å². The summed E-state index contributed by atoms with van der Waals surface area (Å²) in [6, 6.07) is 1.91.